The Morgan fingerprint density at radius 2 is 1.71 bits per heavy atom. The molecule has 0 aliphatic rings. The molecule has 0 saturated carbocycles. The van der Waals surface area contributed by atoms with Crippen LogP contribution in [0.1, 0.15) is 15.9 Å². The van der Waals surface area contributed by atoms with Gasteiger partial charge in [-0.2, -0.15) is 0 Å². The highest BCUT2D eigenvalue weighted by molar-refractivity contribution is 6.42. The summed E-state index contributed by atoms with van der Waals surface area (Å²) in [5.41, 5.74) is 3.54. The Hall–Kier alpha value is -3.55. The lowest BCUT2D eigenvalue weighted by Crippen LogP contribution is -2.10. The van der Waals surface area contributed by atoms with Crippen LogP contribution in [0.5, 0.6) is 11.5 Å². The van der Waals surface area contributed by atoms with Gasteiger partial charge < -0.3 is 13.9 Å². The van der Waals surface area contributed by atoms with E-state index in [0.29, 0.717) is 49.1 Å². The molecule has 0 aliphatic carbocycles. The van der Waals surface area contributed by atoms with Crippen molar-refractivity contribution in [3.05, 3.63) is 104 Å². The zero-order chi connectivity index (χ0) is 26.8. The molecule has 0 amide bonds. The van der Waals surface area contributed by atoms with Gasteiger partial charge in [-0.15, -0.1) is 0 Å². The first-order chi connectivity index (χ1) is 18.3. The quantitative estimate of drug-likeness (QED) is 0.113. The van der Waals surface area contributed by atoms with Gasteiger partial charge in [0.05, 0.1) is 33.4 Å². The van der Waals surface area contributed by atoms with Crippen LogP contribution in [0.3, 0.4) is 0 Å². The Balaban J connectivity index is 1.34. The molecule has 10 heteroatoms. The Kier molecular flexibility index (Phi) is 7.58. The monoisotopic (exact) mass is 584 g/mol. The second-order valence-corrected chi connectivity index (χ2v) is 9.64. The molecule has 4 aromatic carbocycles. The number of rotatable bonds is 6. The molecule has 38 heavy (non-hydrogen) atoms. The summed E-state index contributed by atoms with van der Waals surface area (Å²) in [6.45, 7) is 0. The van der Waals surface area contributed by atoms with E-state index in [1.165, 1.54) is 19.2 Å². The molecule has 0 atom stereocenters. The number of hydrogen-bond acceptors (Lipinski definition) is 6. The number of fused-ring (bicyclic) bond motifs is 1. The maximum atomic E-state index is 12.6. The molecule has 5 rings (SSSR count). The average Bonchev–Trinajstić information content (AvgIpc) is 3.33. The zero-order valence-corrected chi connectivity index (χ0v) is 22.6. The molecule has 5 aromatic rings. The van der Waals surface area contributed by atoms with E-state index < -0.39 is 5.97 Å². The number of hydrogen-bond donors (Lipinski definition) is 0. The van der Waals surface area contributed by atoms with Gasteiger partial charge in [0, 0.05) is 16.8 Å². The summed E-state index contributed by atoms with van der Waals surface area (Å²) in [7, 11) is 1.48. The molecule has 6 nitrogen and oxygen atoms in total. The minimum Gasteiger partial charge on any atom is -0.493 e. The van der Waals surface area contributed by atoms with Crippen LogP contribution in [0.15, 0.2) is 82.2 Å². The van der Waals surface area contributed by atoms with Crippen molar-refractivity contribution in [1.29, 1.82) is 0 Å². The van der Waals surface area contributed by atoms with Gasteiger partial charge in [-0.05, 0) is 78.4 Å². The van der Waals surface area contributed by atoms with E-state index in [-0.39, 0.29) is 16.3 Å². The summed E-state index contributed by atoms with van der Waals surface area (Å²) < 4.78 is 16.8. The summed E-state index contributed by atoms with van der Waals surface area (Å²) in [5, 5.41) is 1.49. The highest BCUT2D eigenvalue weighted by Crippen LogP contribution is 2.32. The van der Waals surface area contributed by atoms with Crippen LogP contribution < -0.4 is 9.47 Å². The van der Waals surface area contributed by atoms with Crippen molar-refractivity contribution in [1.82, 2.24) is 4.98 Å². The average molecular weight is 586 g/mol. The maximum absolute atomic E-state index is 12.6. The minimum absolute atomic E-state index is 0.189. The molecule has 0 N–H and O–H groups in total. The summed E-state index contributed by atoms with van der Waals surface area (Å²) in [5.74, 6) is 0.382. The van der Waals surface area contributed by atoms with Gasteiger partial charge in [0.1, 0.15) is 5.52 Å². The molecule has 0 spiro atoms. The van der Waals surface area contributed by atoms with E-state index in [2.05, 4.69) is 9.98 Å². The number of aromatic nitrogens is 1. The molecule has 0 aliphatic heterocycles. The third kappa shape index (κ3) is 5.64. The van der Waals surface area contributed by atoms with E-state index in [1.54, 1.807) is 60.8 Å². The third-order valence-corrected chi connectivity index (χ3v) is 6.73. The van der Waals surface area contributed by atoms with E-state index in [4.69, 9.17) is 60.3 Å². The molecule has 0 radical (unpaired) electrons. The second kappa shape index (κ2) is 11.1. The summed E-state index contributed by atoms with van der Waals surface area (Å²) >= 11 is 24.1. The van der Waals surface area contributed by atoms with Crippen LogP contribution in [-0.2, 0) is 0 Å². The van der Waals surface area contributed by atoms with Gasteiger partial charge in [-0.25, -0.2) is 9.78 Å². The van der Waals surface area contributed by atoms with Crippen LogP contribution in [0.4, 0.5) is 5.69 Å². The number of nitrogens with zero attached hydrogens (tertiary/aromatic N) is 2. The predicted molar refractivity (Wildman–Crippen MR) is 151 cm³/mol. The number of carbonyl (C=O) groups is 1. The first-order valence-electron chi connectivity index (χ1n) is 11.1. The molecule has 0 fully saturated rings. The topological polar surface area (TPSA) is 73.9 Å². The number of halogens is 4. The van der Waals surface area contributed by atoms with Crippen LogP contribution in [0.25, 0.3) is 22.6 Å². The second-order valence-electron chi connectivity index (χ2n) is 7.98. The van der Waals surface area contributed by atoms with Crippen molar-refractivity contribution in [2.45, 2.75) is 0 Å². The summed E-state index contributed by atoms with van der Waals surface area (Å²) in [4.78, 5) is 21.7. The van der Waals surface area contributed by atoms with E-state index in [1.807, 2.05) is 6.07 Å². The lowest BCUT2D eigenvalue weighted by atomic mass is 10.2. The Labute approximate surface area is 237 Å². The maximum Gasteiger partial charge on any atom is 0.345 e. The molecule has 1 heterocycles. The van der Waals surface area contributed by atoms with Crippen molar-refractivity contribution >= 4 is 75.4 Å². The highest BCUT2D eigenvalue weighted by Gasteiger charge is 2.16. The molecular formula is C28H16Cl4N2O4. The van der Waals surface area contributed by atoms with E-state index in [9.17, 15) is 4.79 Å². The minimum atomic E-state index is -0.632. The largest absolute Gasteiger partial charge is 0.493 e. The molecule has 190 valence electrons. The SMILES string of the molecule is COc1cc(C=Nc2ccc3oc(-c4ccc(Cl)c(Cl)c4)nc3c2)ccc1OC(=O)c1ccc(Cl)cc1Cl. The van der Waals surface area contributed by atoms with Crippen molar-refractivity contribution in [2.24, 2.45) is 4.99 Å². The van der Waals surface area contributed by atoms with Gasteiger partial charge >= 0.3 is 5.97 Å². The number of oxazole rings is 1. The number of methoxy groups -OCH3 is 1. The van der Waals surface area contributed by atoms with Crippen molar-refractivity contribution in [3.8, 4) is 23.0 Å². The van der Waals surface area contributed by atoms with Crippen LogP contribution >= 0.6 is 46.4 Å². The van der Waals surface area contributed by atoms with Crippen molar-refractivity contribution < 1.29 is 18.7 Å². The Morgan fingerprint density at radius 1 is 0.868 bits per heavy atom. The van der Waals surface area contributed by atoms with Gasteiger partial charge in [0.25, 0.3) is 0 Å². The number of carbonyl (C=O) groups excluding carboxylic acids is 1. The lowest BCUT2D eigenvalue weighted by Gasteiger charge is -2.10. The molecule has 0 bridgehead atoms. The fourth-order valence-electron chi connectivity index (χ4n) is 3.56. The molecular weight excluding hydrogens is 570 g/mol. The smallest absolute Gasteiger partial charge is 0.345 e. The van der Waals surface area contributed by atoms with Crippen molar-refractivity contribution in [2.75, 3.05) is 7.11 Å². The number of ether oxygens (including phenoxy) is 2. The van der Waals surface area contributed by atoms with Gasteiger partial charge in [0.2, 0.25) is 5.89 Å². The standard InChI is InChI=1S/C28H16Cl4N2O4/c1-36-26-10-15(2-8-25(26)38-28(35)19-6-4-17(29)12-21(19)31)14-33-18-5-9-24-23(13-18)34-27(37-24)16-3-7-20(30)22(32)11-16/h2-14H,1H3. The zero-order valence-electron chi connectivity index (χ0n) is 19.5. The van der Waals surface area contributed by atoms with Crippen molar-refractivity contribution in [3.63, 3.8) is 0 Å². The third-order valence-electron chi connectivity index (χ3n) is 5.44. The van der Waals surface area contributed by atoms with Gasteiger partial charge in [-0.1, -0.05) is 46.4 Å². The number of aliphatic imine (C=N–C) groups is 1. The summed E-state index contributed by atoms with van der Waals surface area (Å²) in [6, 6.07) is 20.2. The van der Waals surface area contributed by atoms with Crippen LogP contribution in [-0.4, -0.2) is 24.3 Å². The number of esters is 1. The van der Waals surface area contributed by atoms with Gasteiger partial charge in [-0.3, -0.25) is 4.99 Å². The normalized spacial score (nSPS) is 11.3. The highest BCUT2D eigenvalue weighted by atomic mass is 35.5. The number of benzene rings is 4. The fraction of sp³-hybridized carbons (Fsp3) is 0.0357. The Bertz CT molecular complexity index is 1720. The Morgan fingerprint density at radius 3 is 2.47 bits per heavy atom. The van der Waals surface area contributed by atoms with Crippen LogP contribution in [0, 0.1) is 0 Å². The molecule has 1 aromatic heterocycles. The van der Waals surface area contributed by atoms with Crippen LogP contribution in [0.2, 0.25) is 20.1 Å². The fourth-order valence-corrected chi connectivity index (χ4v) is 4.34. The first kappa shape index (κ1) is 26.1. The lowest BCUT2D eigenvalue weighted by molar-refractivity contribution is 0.0730. The molecule has 0 saturated heterocycles. The predicted octanol–water partition coefficient (Wildman–Crippen LogP) is 9.09. The van der Waals surface area contributed by atoms with Gasteiger partial charge in [0.15, 0.2) is 17.1 Å². The molecule has 0 unspecified atom stereocenters. The van der Waals surface area contributed by atoms with E-state index >= 15 is 0 Å². The first-order valence-corrected chi connectivity index (χ1v) is 12.6. The van der Waals surface area contributed by atoms with E-state index in [0.717, 1.165) is 5.56 Å². The summed E-state index contributed by atoms with van der Waals surface area (Å²) in [6.07, 6.45) is 1.66.